The van der Waals surface area contributed by atoms with Crippen LogP contribution < -0.4 is 5.32 Å². The Kier molecular flexibility index (Phi) is 5.01. The SMILES string of the molecule is CC(C)[C@@H](NC(=O)C1CSC(c2ccccc2)=N1)C(=O)O. The second kappa shape index (κ2) is 6.76. The molecule has 1 aliphatic rings. The molecule has 1 unspecified atom stereocenters. The van der Waals surface area contributed by atoms with E-state index in [1.165, 1.54) is 11.8 Å². The van der Waals surface area contributed by atoms with E-state index in [0.717, 1.165) is 10.6 Å². The highest BCUT2D eigenvalue weighted by molar-refractivity contribution is 8.14. The lowest BCUT2D eigenvalue weighted by Crippen LogP contribution is -2.47. The van der Waals surface area contributed by atoms with Gasteiger partial charge < -0.3 is 10.4 Å². The number of nitrogens with one attached hydrogen (secondary N) is 1. The van der Waals surface area contributed by atoms with E-state index in [-0.39, 0.29) is 11.8 Å². The zero-order valence-corrected chi connectivity index (χ0v) is 12.8. The fraction of sp³-hybridized carbons (Fsp3) is 0.400. The Morgan fingerprint density at radius 1 is 1.33 bits per heavy atom. The number of hydrogen-bond donors (Lipinski definition) is 2. The number of aliphatic carboxylic acids is 1. The van der Waals surface area contributed by atoms with E-state index in [4.69, 9.17) is 5.11 Å². The summed E-state index contributed by atoms with van der Waals surface area (Å²) in [4.78, 5) is 27.7. The van der Waals surface area contributed by atoms with Gasteiger partial charge in [-0.25, -0.2) is 4.79 Å². The maximum Gasteiger partial charge on any atom is 0.326 e. The van der Waals surface area contributed by atoms with E-state index < -0.39 is 18.1 Å². The van der Waals surface area contributed by atoms with Crippen LogP contribution in [-0.2, 0) is 9.59 Å². The van der Waals surface area contributed by atoms with E-state index in [2.05, 4.69) is 10.3 Å². The van der Waals surface area contributed by atoms with Gasteiger partial charge in [-0.3, -0.25) is 9.79 Å². The molecule has 1 aliphatic heterocycles. The second-order valence-corrected chi connectivity index (χ2v) is 6.20. The predicted molar refractivity (Wildman–Crippen MR) is 83.6 cm³/mol. The van der Waals surface area contributed by atoms with Gasteiger partial charge in [-0.2, -0.15) is 0 Å². The molecule has 21 heavy (non-hydrogen) atoms. The van der Waals surface area contributed by atoms with Crippen molar-refractivity contribution >= 4 is 28.7 Å². The van der Waals surface area contributed by atoms with Crippen molar-refractivity contribution in [3.63, 3.8) is 0 Å². The molecule has 0 saturated heterocycles. The molecule has 1 aromatic carbocycles. The third-order valence-corrected chi connectivity index (χ3v) is 4.30. The smallest absolute Gasteiger partial charge is 0.326 e. The van der Waals surface area contributed by atoms with E-state index in [1.807, 2.05) is 30.3 Å². The quantitative estimate of drug-likeness (QED) is 0.869. The van der Waals surface area contributed by atoms with Gasteiger partial charge in [0, 0.05) is 11.3 Å². The monoisotopic (exact) mass is 306 g/mol. The molecule has 1 aromatic rings. The van der Waals surface area contributed by atoms with Crippen LogP contribution in [0.1, 0.15) is 19.4 Å². The average Bonchev–Trinajstić information content (AvgIpc) is 2.94. The van der Waals surface area contributed by atoms with Crippen molar-refractivity contribution in [1.82, 2.24) is 5.32 Å². The van der Waals surface area contributed by atoms with Crippen molar-refractivity contribution in [3.05, 3.63) is 35.9 Å². The lowest BCUT2D eigenvalue weighted by molar-refractivity contribution is -0.143. The van der Waals surface area contributed by atoms with Crippen molar-refractivity contribution in [2.24, 2.45) is 10.9 Å². The first-order chi connectivity index (χ1) is 9.99. The van der Waals surface area contributed by atoms with E-state index >= 15 is 0 Å². The van der Waals surface area contributed by atoms with Gasteiger partial charge in [0.25, 0.3) is 0 Å². The summed E-state index contributed by atoms with van der Waals surface area (Å²) in [5.74, 6) is -0.968. The Labute approximate surface area is 127 Å². The summed E-state index contributed by atoms with van der Waals surface area (Å²) in [6.07, 6.45) is 0. The van der Waals surface area contributed by atoms with Crippen LogP contribution in [0.3, 0.4) is 0 Å². The molecule has 0 aliphatic carbocycles. The van der Waals surface area contributed by atoms with Crippen molar-refractivity contribution < 1.29 is 14.7 Å². The molecule has 5 nitrogen and oxygen atoms in total. The molecule has 0 fully saturated rings. The topological polar surface area (TPSA) is 78.8 Å². The summed E-state index contributed by atoms with van der Waals surface area (Å²) in [7, 11) is 0. The Morgan fingerprint density at radius 3 is 2.57 bits per heavy atom. The molecule has 2 atom stereocenters. The molecule has 2 rings (SSSR count). The number of nitrogens with zero attached hydrogens (tertiary/aromatic N) is 1. The summed E-state index contributed by atoms with van der Waals surface area (Å²) in [6, 6.07) is 8.26. The Hall–Kier alpha value is -1.82. The van der Waals surface area contributed by atoms with Crippen LogP contribution in [0, 0.1) is 5.92 Å². The molecular weight excluding hydrogens is 288 g/mol. The third kappa shape index (κ3) is 3.85. The fourth-order valence-electron chi connectivity index (χ4n) is 2.01. The van der Waals surface area contributed by atoms with Gasteiger partial charge in [-0.15, -0.1) is 11.8 Å². The van der Waals surface area contributed by atoms with Crippen molar-refractivity contribution in [2.45, 2.75) is 25.9 Å². The van der Waals surface area contributed by atoms with Gasteiger partial charge in [-0.05, 0) is 5.92 Å². The highest BCUT2D eigenvalue weighted by atomic mass is 32.2. The average molecular weight is 306 g/mol. The highest BCUT2D eigenvalue weighted by Crippen LogP contribution is 2.23. The summed E-state index contributed by atoms with van der Waals surface area (Å²) < 4.78 is 0. The molecule has 0 bridgehead atoms. The number of thioether (sulfide) groups is 1. The van der Waals surface area contributed by atoms with Crippen LogP contribution in [0.15, 0.2) is 35.3 Å². The van der Waals surface area contributed by atoms with Gasteiger partial charge in [0.05, 0.1) is 5.04 Å². The minimum Gasteiger partial charge on any atom is -0.480 e. The first kappa shape index (κ1) is 15.6. The standard InChI is InChI=1S/C15H18N2O3S/c1-9(2)12(15(19)20)17-13(18)11-8-21-14(16-11)10-6-4-3-5-7-10/h3-7,9,11-12H,8H2,1-2H3,(H,17,18)(H,19,20)/t11?,12-/m1/s1. The number of benzene rings is 1. The molecule has 1 amide bonds. The highest BCUT2D eigenvalue weighted by Gasteiger charge is 2.30. The second-order valence-electron chi connectivity index (χ2n) is 5.20. The van der Waals surface area contributed by atoms with Crippen molar-refractivity contribution in [1.29, 1.82) is 0 Å². The number of carbonyl (C=O) groups is 2. The molecule has 1 heterocycles. The van der Waals surface area contributed by atoms with Gasteiger partial charge in [0.1, 0.15) is 12.1 Å². The van der Waals surface area contributed by atoms with Crippen LogP contribution in [0.25, 0.3) is 0 Å². The number of aliphatic imine (C=N–C) groups is 1. The number of amides is 1. The molecular formula is C15H18N2O3S. The first-order valence-electron chi connectivity index (χ1n) is 6.78. The van der Waals surface area contributed by atoms with E-state index in [9.17, 15) is 9.59 Å². The Morgan fingerprint density at radius 2 is 2.00 bits per heavy atom. The van der Waals surface area contributed by atoms with Crippen LogP contribution >= 0.6 is 11.8 Å². The third-order valence-electron chi connectivity index (χ3n) is 3.20. The largest absolute Gasteiger partial charge is 0.480 e. The van der Waals surface area contributed by atoms with Gasteiger partial charge >= 0.3 is 5.97 Å². The van der Waals surface area contributed by atoms with Crippen LogP contribution in [-0.4, -0.2) is 39.9 Å². The number of carboxylic acid groups (broad SMARTS) is 1. The summed E-state index contributed by atoms with van der Waals surface area (Å²) in [5, 5.41) is 12.5. The van der Waals surface area contributed by atoms with Gasteiger partial charge in [-0.1, -0.05) is 44.2 Å². The van der Waals surface area contributed by atoms with Gasteiger partial charge in [0.2, 0.25) is 5.91 Å². The Balaban J connectivity index is 2.05. The lowest BCUT2D eigenvalue weighted by Gasteiger charge is -2.19. The first-order valence-corrected chi connectivity index (χ1v) is 7.77. The van der Waals surface area contributed by atoms with Crippen molar-refractivity contribution in [2.75, 3.05) is 5.75 Å². The molecule has 112 valence electrons. The number of carbonyl (C=O) groups excluding carboxylic acids is 1. The van der Waals surface area contributed by atoms with Crippen LogP contribution in [0.5, 0.6) is 0 Å². The maximum atomic E-state index is 12.1. The lowest BCUT2D eigenvalue weighted by atomic mass is 10.0. The molecule has 0 radical (unpaired) electrons. The number of hydrogen-bond acceptors (Lipinski definition) is 4. The fourth-order valence-corrected chi connectivity index (χ4v) is 3.06. The minimum absolute atomic E-state index is 0.168. The summed E-state index contributed by atoms with van der Waals surface area (Å²) in [5.41, 5.74) is 0.983. The van der Waals surface area contributed by atoms with E-state index in [1.54, 1.807) is 13.8 Å². The van der Waals surface area contributed by atoms with Crippen LogP contribution in [0.2, 0.25) is 0 Å². The minimum atomic E-state index is -1.02. The molecule has 0 saturated carbocycles. The molecule has 6 heteroatoms. The predicted octanol–water partition coefficient (Wildman–Crippen LogP) is 1.77. The molecule has 2 N–H and O–H groups in total. The number of rotatable bonds is 5. The number of carboxylic acids is 1. The maximum absolute atomic E-state index is 12.1. The zero-order valence-electron chi connectivity index (χ0n) is 11.9. The van der Waals surface area contributed by atoms with Crippen LogP contribution in [0.4, 0.5) is 0 Å². The van der Waals surface area contributed by atoms with E-state index in [0.29, 0.717) is 5.75 Å². The zero-order chi connectivity index (χ0) is 15.4. The van der Waals surface area contributed by atoms with Gasteiger partial charge in [0.15, 0.2) is 0 Å². The Bertz CT molecular complexity index is 557. The summed E-state index contributed by atoms with van der Waals surface area (Å²) >= 11 is 1.52. The molecule has 0 spiro atoms. The molecule has 0 aromatic heterocycles. The summed E-state index contributed by atoms with van der Waals surface area (Å²) in [6.45, 7) is 3.53. The normalized spacial score (nSPS) is 19.2. The van der Waals surface area contributed by atoms with Crippen molar-refractivity contribution in [3.8, 4) is 0 Å².